The Morgan fingerprint density at radius 1 is 1.08 bits per heavy atom. The highest BCUT2D eigenvalue weighted by Crippen LogP contribution is 2.21. The Hall–Kier alpha value is -3.01. The van der Waals surface area contributed by atoms with Crippen molar-refractivity contribution in [2.45, 2.75) is 25.7 Å². The third-order valence-electron chi connectivity index (χ3n) is 5.21. The average molecular weight is 343 g/mol. The molecule has 130 valence electrons. The van der Waals surface area contributed by atoms with E-state index >= 15 is 0 Å². The molecule has 0 saturated carbocycles. The maximum absolute atomic E-state index is 5.59. The second-order valence-electron chi connectivity index (χ2n) is 6.95. The minimum Gasteiger partial charge on any atom is -0.494 e. The Labute approximate surface area is 151 Å². The van der Waals surface area contributed by atoms with Crippen molar-refractivity contribution in [1.29, 1.82) is 0 Å². The molecule has 0 spiro atoms. The number of hydrogen-bond acceptors (Lipinski definition) is 2. The van der Waals surface area contributed by atoms with Gasteiger partial charge in [0.1, 0.15) is 5.75 Å². The molecule has 0 radical (unpaired) electrons. The predicted octanol–water partition coefficient (Wildman–Crippen LogP) is 1.28. The summed E-state index contributed by atoms with van der Waals surface area (Å²) in [5.74, 6) is 0.833. The molecule has 4 heteroatoms. The van der Waals surface area contributed by atoms with Crippen molar-refractivity contribution in [3.8, 4) is 5.75 Å². The van der Waals surface area contributed by atoms with Gasteiger partial charge >= 0.3 is 0 Å². The number of ether oxygens (including phenoxy) is 1. The highest BCUT2D eigenvalue weighted by atomic mass is 16.5. The van der Waals surface area contributed by atoms with Gasteiger partial charge in [0.25, 0.3) is 0 Å². The molecule has 1 aliphatic heterocycles. The minimum atomic E-state index is 0.833. The number of aromatic nitrogens is 2. The van der Waals surface area contributed by atoms with Gasteiger partial charge in [-0.2, -0.15) is 0 Å². The van der Waals surface area contributed by atoms with Crippen LogP contribution in [0, 0.1) is 0 Å². The van der Waals surface area contributed by atoms with Crippen LogP contribution in [0.3, 0.4) is 0 Å². The van der Waals surface area contributed by atoms with E-state index in [4.69, 9.17) is 9.73 Å². The summed E-state index contributed by atoms with van der Waals surface area (Å²) in [5.41, 5.74) is 4.91. The van der Waals surface area contributed by atoms with E-state index in [-0.39, 0.29) is 0 Å². The molecular formula is C22H21N3O. The van der Waals surface area contributed by atoms with Gasteiger partial charge in [-0.3, -0.25) is 0 Å². The number of para-hydroxylation sites is 1. The quantitative estimate of drug-likeness (QED) is 0.724. The van der Waals surface area contributed by atoms with Gasteiger partial charge in [0.2, 0.25) is 0 Å². The largest absolute Gasteiger partial charge is 0.494 e. The highest BCUT2D eigenvalue weighted by Gasteiger charge is 2.12. The second-order valence-corrected chi connectivity index (χ2v) is 6.95. The smallest absolute Gasteiger partial charge is 0.144 e. The monoisotopic (exact) mass is 343 g/mol. The fourth-order valence-corrected chi connectivity index (χ4v) is 3.89. The van der Waals surface area contributed by atoms with E-state index in [0.29, 0.717) is 0 Å². The Kier molecular flexibility index (Phi) is 3.56. The molecule has 2 aliphatic rings. The van der Waals surface area contributed by atoms with E-state index in [2.05, 4.69) is 34.3 Å². The Balaban J connectivity index is 1.64. The highest BCUT2D eigenvalue weighted by molar-refractivity contribution is 5.76. The lowest BCUT2D eigenvalue weighted by Gasteiger charge is -2.08. The normalized spacial score (nSPS) is 18.1. The van der Waals surface area contributed by atoms with E-state index in [1.807, 2.05) is 24.3 Å². The van der Waals surface area contributed by atoms with Gasteiger partial charge in [0.15, 0.2) is 0 Å². The molecular weight excluding hydrogens is 322 g/mol. The average Bonchev–Trinajstić information content (AvgIpc) is 3.37. The van der Waals surface area contributed by atoms with Crippen molar-refractivity contribution in [2.75, 3.05) is 7.11 Å². The Bertz CT molecular complexity index is 1170. The summed E-state index contributed by atoms with van der Waals surface area (Å²) < 4.78 is 5.59. The lowest BCUT2D eigenvalue weighted by Crippen LogP contribution is -2.19. The number of benzene rings is 1. The van der Waals surface area contributed by atoms with Crippen LogP contribution in [-0.2, 0) is 12.8 Å². The van der Waals surface area contributed by atoms with Crippen LogP contribution in [0.5, 0.6) is 5.75 Å². The summed E-state index contributed by atoms with van der Waals surface area (Å²) in [6, 6.07) is 12.5. The first kappa shape index (κ1) is 15.3. The Morgan fingerprint density at radius 2 is 1.96 bits per heavy atom. The van der Waals surface area contributed by atoms with E-state index in [9.17, 15) is 0 Å². The fourth-order valence-electron chi connectivity index (χ4n) is 3.89. The molecule has 0 fully saturated rings. The summed E-state index contributed by atoms with van der Waals surface area (Å²) in [5, 5.41) is 4.10. The van der Waals surface area contributed by atoms with E-state index in [0.717, 1.165) is 44.8 Å². The topological polar surface area (TPSA) is 53.2 Å². The molecule has 0 atom stereocenters. The third kappa shape index (κ3) is 2.58. The van der Waals surface area contributed by atoms with Gasteiger partial charge in [0, 0.05) is 22.7 Å². The molecule has 2 N–H and O–H groups in total. The third-order valence-corrected chi connectivity index (χ3v) is 5.21. The number of methoxy groups -OCH3 is 1. The molecule has 0 bridgehead atoms. The number of aromatic amines is 2. The lowest BCUT2D eigenvalue weighted by atomic mass is 9.98. The number of H-pyrrole nitrogens is 2. The number of nitrogens with zero attached hydrogens (tertiary/aromatic N) is 1. The number of nitrogens with one attached hydrogen (secondary N) is 2. The van der Waals surface area contributed by atoms with Crippen LogP contribution < -0.4 is 26.0 Å². The van der Waals surface area contributed by atoms with E-state index in [1.54, 1.807) is 7.11 Å². The molecule has 0 amide bonds. The molecule has 4 nitrogen and oxygen atoms in total. The first-order chi connectivity index (χ1) is 12.8. The first-order valence-corrected chi connectivity index (χ1v) is 9.15. The zero-order valence-electron chi connectivity index (χ0n) is 14.8. The standard InChI is InChI=1S/C22H21N3O/c1-26-22-13-20(19-11-15-7-3-5-9-18(15)24-19)25-21(22)12-16-10-14-6-2-4-8-17(14)23-16/h3,5,7,9-13,23,25H,2,4,6,8H2,1H3/b20-19-,21-12+. The summed E-state index contributed by atoms with van der Waals surface area (Å²) in [4.78, 5) is 11.8. The van der Waals surface area contributed by atoms with Gasteiger partial charge in [0.05, 0.1) is 28.9 Å². The Morgan fingerprint density at radius 3 is 2.81 bits per heavy atom. The van der Waals surface area contributed by atoms with Crippen molar-refractivity contribution in [3.63, 3.8) is 0 Å². The maximum atomic E-state index is 5.59. The molecule has 0 saturated heterocycles. The molecule has 1 aliphatic carbocycles. The molecule has 2 aromatic heterocycles. The van der Waals surface area contributed by atoms with Crippen LogP contribution in [0.1, 0.15) is 29.8 Å². The maximum Gasteiger partial charge on any atom is 0.144 e. The molecule has 3 aromatic rings. The van der Waals surface area contributed by atoms with Crippen molar-refractivity contribution < 1.29 is 4.74 Å². The number of aryl methyl sites for hydroxylation is 2. The van der Waals surface area contributed by atoms with Crippen LogP contribution in [0.2, 0.25) is 0 Å². The van der Waals surface area contributed by atoms with Crippen LogP contribution in [0.4, 0.5) is 0 Å². The van der Waals surface area contributed by atoms with Crippen molar-refractivity contribution >= 4 is 17.8 Å². The van der Waals surface area contributed by atoms with Gasteiger partial charge in [-0.15, -0.1) is 0 Å². The van der Waals surface area contributed by atoms with Gasteiger partial charge < -0.3 is 14.7 Å². The number of fused-ring (bicyclic) bond motifs is 2. The fraction of sp³-hybridized carbons (Fsp3) is 0.227. The molecule has 0 unspecified atom stereocenters. The summed E-state index contributed by atoms with van der Waals surface area (Å²) >= 11 is 0. The van der Waals surface area contributed by atoms with E-state index < -0.39 is 0 Å². The first-order valence-electron chi connectivity index (χ1n) is 9.15. The number of rotatable bonds is 2. The molecule has 1 aromatic carbocycles. The molecule has 26 heavy (non-hydrogen) atoms. The second kappa shape index (κ2) is 6.06. The molecule has 3 heterocycles. The molecule has 5 rings (SSSR count). The summed E-state index contributed by atoms with van der Waals surface area (Å²) in [7, 11) is 1.71. The minimum absolute atomic E-state index is 0.833. The number of hydrogen-bond donors (Lipinski definition) is 2. The van der Waals surface area contributed by atoms with Gasteiger partial charge in [-0.05, 0) is 55.5 Å². The van der Waals surface area contributed by atoms with Crippen molar-refractivity contribution in [2.24, 2.45) is 4.99 Å². The van der Waals surface area contributed by atoms with Crippen molar-refractivity contribution in [3.05, 3.63) is 74.6 Å². The summed E-state index contributed by atoms with van der Waals surface area (Å²) in [6.45, 7) is 0. The predicted molar refractivity (Wildman–Crippen MR) is 103 cm³/mol. The lowest BCUT2D eigenvalue weighted by molar-refractivity contribution is 0.412. The van der Waals surface area contributed by atoms with Crippen molar-refractivity contribution in [1.82, 2.24) is 9.97 Å². The van der Waals surface area contributed by atoms with E-state index in [1.165, 1.54) is 30.5 Å². The van der Waals surface area contributed by atoms with Crippen LogP contribution in [0.25, 0.3) is 17.8 Å². The zero-order valence-corrected chi connectivity index (χ0v) is 14.8. The van der Waals surface area contributed by atoms with Gasteiger partial charge in [-0.1, -0.05) is 18.2 Å². The zero-order chi connectivity index (χ0) is 17.5. The van der Waals surface area contributed by atoms with Gasteiger partial charge in [-0.25, -0.2) is 4.99 Å². The summed E-state index contributed by atoms with van der Waals surface area (Å²) in [6.07, 6.45) is 9.13. The van der Waals surface area contributed by atoms with Crippen LogP contribution >= 0.6 is 0 Å². The SMILES string of the molecule is COc1c/c(=C2\C=c3ccccc3=N2)[nH]/c1=C/c1cc2c([nH]1)CCCC2. The van der Waals surface area contributed by atoms with Crippen LogP contribution in [-0.4, -0.2) is 17.1 Å². The van der Waals surface area contributed by atoms with Crippen LogP contribution in [0.15, 0.2) is 41.4 Å².